The minimum atomic E-state index is -0.137. The van der Waals surface area contributed by atoms with Crippen LogP contribution < -0.4 is 11.1 Å². The van der Waals surface area contributed by atoms with E-state index in [4.69, 9.17) is 5.73 Å². The minimum absolute atomic E-state index is 0.137. The van der Waals surface area contributed by atoms with Crippen molar-refractivity contribution in [2.24, 2.45) is 0 Å². The lowest BCUT2D eigenvalue weighted by Gasteiger charge is -2.18. The molecule has 0 unspecified atom stereocenters. The Morgan fingerprint density at radius 3 is 2.46 bits per heavy atom. The van der Waals surface area contributed by atoms with E-state index in [0.717, 1.165) is 24.1 Å². The number of anilines is 1. The molecule has 1 fully saturated rings. The molecule has 0 radical (unpaired) electrons. The van der Waals surface area contributed by atoms with E-state index < -0.39 is 0 Å². The van der Waals surface area contributed by atoms with E-state index in [9.17, 15) is 9.59 Å². The summed E-state index contributed by atoms with van der Waals surface area (Å²) < 4.78 is 0. The van der Waals surface area contributed by atoms with Crippen LogP contribution in [0.25, 0.3) is 0 Å². The Labute approximate surface area is 141 Å². The first-order valence-corrected chi connectivity index (χ1v) is 8.12. The van der Waals surface area contributed by atoms with Crippen LogP contribution in [0.3, 0.4) is 0 Å². The highest BCUT2D eigenvalue weighted by Crippen LogP contribution is 2.17. The van der Waals surface area contributed by atoms with Crippen LogP contribution in [0.2, 0.25) is 0 Å². The first kappa shape index (κ1) is 16.1. The molecule has 24 heavy (non-hydrogen) atoms. The standard InChI is InChI=1S/C19H21N3O2/c20-17-9-7-14(8-10-17)19(24)21-12-15-4-1-2-5-16(15)13-22-11-3-6-18(22)23/h1-2,4-5,7-10H,3,6,11-13,20H2,(H,21,24). The van der Waals surface area contributed by atoms with Gasteiger partial charge in [-0.1, -0.05) is 24.3 Å². The normalized spacial score (nSPS) is 14.0. The number of nitrogens with one attached hydrogen (secondary N) is 1. The Morgan fingerprint density at radius 1 is 1.08 bits per heavy atom. The number of likely N-dealkylation sites (tertiary alicyclic amines) is 1. The SMILES string of the molecule is Nc1ccc(C(=O)NCc2ccccc2CN2CCCC2=O)cc1. The molecule has 3 N–H and O–H groups in total. The van der Waals surface area contributed by atoms with Crippen molar-refractivity contribution >= 4 is 17.5 Å². The van der Waals surface area contributed by atoms with Crippen LogP contribution in [-0.4, -0.2) is 23.3 Å². The third-order valence-corrected chi connectivity index (χ3v) is 4.26. The predicted molar refractivity (Wildman–Crippen MR) is 93.1 cm³/mol. The highest BCUT2D eigenvalue weighted by Gasteiger charge is 2.20. The van der Waals surface area contributed by atoms with E-state index in [-0.39, 0.29) is 11.8 Å². The fraction of sp³-hybridized carbons (Fsp3) is 0.263. The fourth-order valence-electron chi connectivity index (χ4n) is 2.87. The van der Waals surface area contributed by atoms with Gasteiger partial charge in [-0.25, -0.2) is 0 Å². The summed E-state index contributed by atoms with van der Waals surface area (Å²) in [6.45, 7) is 1.85. The van der Waals surface area contributed by atoms with E-state index in [1.54, 1.807) is 24.3 Å². The summed E-state index contributed by atoms with van der Waals surface area (Å²) in [5.41, 5.74) is 8.95. The van der Waals surface area contributed by atoms with Crippen LogP contribution in [0.15, 0.2) is 48.5 Å². The molecule has 5 heteroatoms. The predicted octanol–water partition coefficient (Wildman–Crippen LogP) is 2.32. The Morgan fingerprint density at radius 2 is 1.79 bits per heavy atom. The summed E-state index contributed by atoms with van der Waals surface area (Å²) in [5.74, 6) is 0.0674. The second-order valence-corrected chi connectivity index (χ2v) is 5.99. The van der Waals surface area contributed by atoms with Gasteiger partial charge in [0.05, 0.1) is 0 Å². The molecule has 0 saturated carbocycles. The molecule has 2 amide bonds. The van der Waals surface area contributed by atoms with Crippen LogP contribution >= 0.6 is 0 Å². The van der Waals surface area contributed by atoms with Crippen molar-refractivity contribution in [1.82, 2.24) is 10.2 Å². The molecule has 0 aliphatic carbocycles. The molecule has 1 heterocycles. The Hall–Kier alpha value is -2.82. The lowest BCUT2D eigenvalue weighted by Crippen LogP contribution is -2.26. The number of hydrogen-bond donors (Lipinski definition) is 2. The molecule has 124 valence electrons. The third kappa shape index (κ3) is 3.74. The maximum absolute atomic E-state index is 12.2. The molecule has 1 aliphatic heterocycles. The lowest BCUT2D eigenvalue weighted by atomic mass is 10.1. The van der Waals surface area contributed by atoms with Crippen LogP contribution in [0.4, 0.5) is 5.69 Å². The number of nitrogens with zero attached hydrogens (tertiary/aromatic N) is 1. The zero-order valence-electron chi connectivity index (χ0n) is 13.5. The van der Waals surface area contributed by atoms with Gasteiger partial charge in [0.15, 0.2) is 0 Å². The van der Waals surface area contributed by atoms with E-state index >= 15 is 0 Å². The Kier molecular flexibility index (Phi) is 4.79. The summed E-state index contributed by atoms with van der Waals surface area (Å²) in [4.78, 5) is 25.9. The highest BCUT2D eigenvalue weighted by molar-refractivity contribution is 5.94. The van der Waals surface area contributed by atoms with Gasteiger partial charge in [-0.05, 0) is 41.8 Å². The van der Waals surface area contributed by atoms with Gasteiger partial charge in [0.1, 0.15) is 0 Å². The van der Waals surface area contributed by atoms with Crippen LogP contribution in [0, 0.1) is 0 Å². The summed E-state index contributed by atoms with van der Waals surface area (Å²) >= 11 is 0. The first-order chi connectivity index (χ1) is 11.6. The van der Waals surface area contributed by atoms with E-state index in [1.165, 1.54) is 0 Å². The monoisotopic (exact) mass is 323 g/mol. The van der Waals surface area contributed by atoms with Gasteiger partial charge in [0.25, 0.3) is 5.91 Å². The zero-order chi connectivity index (χ0) is 16.9. The third-order valence-electron chi connectivity index (χ3n) is 4.26. The molecule has 0 atom stereocenters. The van der Waals surface area contributed by atoms with Gasteiger partial charge in [-0.15, -0.1) is 0 Å². The van der Waals surface area contributed by atoms with Gasteiger partial charge in [0.2, 0.25) is 5.91 Å². The number of amides is 2. The first-order valence-electron chi connectivity index (χ1n) is 8.12. The van der Waals surface area contributed by atoms with Crippen molar-refractivity contribution in [2.75, 3.05) is 12.3 Å². The molecule has 1 aliphatic rings. The molecule has 3 rings (SSSR count). The highest BCUT2D eigenvalue weighted by atomic mass is 16.2. The number of nitrogen functional groups attached to an aromatic ring is 1. The van der Waals surface area contributed by atoms with Crippen molar-refractivity contribution in [2.45, 2.75) is 25.9 Å². The smallest absolute Gasteiger partial charge is 0.251 e. The number of benzene rings is 2. The van der Waals surface area contributed by atoms with Gasteiger partial charge in [-0.3, -0.25) is 9.59 Å². The van der Waals surface area contributed by atoms with Crippen molar-refractivity contribution in [3.63, 3.8) is 0 Å². The maximum atomic E-state index is 12.2. The largest absolute Gasteiger partial charge is 0.399 e. The number of nitrogens with two attached hydrogens (primary N) is 1. The van der Waals surface area contributed by atoms with Crippen molar-refractivity contribution in [1.29, 1.82) is 0 Å². The van der Waals surface area contributed by atoms with E-state index in [0.29, 0.717) is 30.8 Å². The van der Waals surface area contributed by atoms with Crippen molar-refractivity contribution in [3.05, 3.63) is 65.2 Å². The Balaban J connectivity index is 1.65. The summed E-state index contributed by atoms with van der Waals surface area (Å²) in [7, 11) is 0. The lowest BCUT2D eigenvalue weighted by molar-refractivity contribution is -0.128. The van der Waals surface area contributed by atoms with E-state index in [2.05, 4.69) is 5.32 Å². The minimum Gasteiger partial charge on any atom is -0.399 e. The summed E-state index contributed by atoms with van der Waals surface area (Å²) in [6, 6.07) is 14.7. The molecule has 0 bridgehead atoms. The van der Waals surface area contributed by atoms with E-state index in [1.807, 2.05) is 29.2 Å². The van der Waals surface area contributed by atoms with Gasteiger partial charge >= 0.3 is 0 Å². The molecule has 0 aromatic heterocycles. The molecule has 2 aromatic carbocycles. The quantitative estimate of drug-likeness (QED) is 0.829. The molecular weight excluding hydrogens is 302 g/mol. The van der Waals surface area contributed by atoms with Crippen molar-refractivity contribution in [3.8, 4) is 0 Å². The number of hydrogen-bond acceptors (Lipinski definition) is 3. The summed E-state index contributed by atoms with van der Waals surface area (Å²) in [6.07, 6.45) is 1.56. The van der Waals surface area contributed by atoms with Crippen LogP contribution in [0.5, 0.6) is 0 Å². The molecule has 1 saturated heterocycles. The zero-order valence-corrected chi connectivity index (χ0v) is 13.5. The average molecular weight is 323 g/mol. The molecule has 0 spiro atoms. The molecule has 2 aromatic rings. The molecule has 5 nitrogen and oxygen atoms in total. The fourth-order valence-corrected chi connectivity index (χ4v) is 2.87. The maximum Gasteiger partial charge on any atom is 0.251 e. The molecular formula is C19H21N3O2. The van der Waals surface area contributed by atoms with Crippen LogP contribution in [0.1, 0.15) is 34.3 Å². The Bertz CT molecular complexity index is 741. The topological polar surface area (TPSA) is 75.4 Å². The number of rotatable bonds is 5. The van der Waals surface area contributed by atoms with Crippen molar-refractivity contribution < 1.29 is 9.59 Å². The number of carbonyl (C=O) groups is 2. The van der Waals surface area contributed by atoms with Gasteiger partial charge < -0.3 is 16.0 Å². The van der Waals surface area contributed by atoms with Gasteiger partial charge in [-0.2, -0.15) is 0 Å². The average Bonchev–Trinajstić information content (AvgIpc) is 2.99. The second kappa shape index (κ2) is 7.17. The summed E-state index contributed by atoms with van der Waals surface area (Å²) in [5, 5.41) is 2.93. The second-order valence-electron chi connectivity index (χ2n) is 5.99. The number of carbonyl (C=O) groups excluding carboxylic acids is 2. The van der Waals surface area contributed by atoms with Gasteiger partial charge in [0, 0.05) is 37.3 Å². The van der Waals surface area contributed by atoms with Crippen LogP contribution in [-0.2, 0) is 17.9 Å².